The van der Waals surface area contributed by atoms with Gasteiger partial charge in [-0.3, -0.25) is 0 Å². The Morgan fingerprint density at radius 1 is 1.03 bits per heavy atom. The van der Waals surface area contributed by atoms with Gasteiger partial charge in [0.1, 0.15) is 11.6 Å². The molecule has 0 aliphatic carbocycles. The number of amides is 2. The summed E-state index contributed by atoms with van der Waals surface area (Å²) in [4.78, 5) is 12.5. The van der Waals surface area contributed by atoms with Crippen molar-refractivity contribution >= 4 is 6.03 Å². The largest absolute Gasteiger partial charge is 0.381 e. The van der Waals surface area contributed by atoms with Gasteiger partial charge in [-0.2, -0.15) is 0 Å². The molecule has 2 aromatic carbocycles. The van der Waals surface area contributed by atoms with E-state index in [-0.39, 0.29) is 28.5 Å². The van der Waals surface area contributed by atoms with E-state index in [4.69, 9.17) is 4.74 Å². The molecule has 1 aliphatic heterocycles. The zero-order valence-electron chi connectivity index (χ0n) is 16.9. The first-order valence-electron chi connectivity index (χ1n) is 9.92. The molecule has 0 saturated carbocycles. The fraction of sp³-hybridized carbons (Fsp3) is 0.435. The molecule has 1 fully saturated rings. The average Bonchev–Trinajstić information content (AvgIpc) is 2.72. The number of halogens is 2. The van der Waals surface area contributed by atoms with Gasteiger partial charge in [0.2, 0.25) is 0 Å². The van der Waals surface area contributed by atoms with Crippen molar-refractivity contribution in [1.82, 2.24) is 10.6 Å². The highest BCUT2D eigenvalue weighted by Gasteiger charge is 2.35. The van der Waals surface area contributed by atoms with Gasteiger partial charge in [0.25, 0.3) is 0 Å². The Hall–Kier alpha value is -2.47. The van der Waals surface area contributed by atoms with Crippen LogP contribution in [0.3, 0.4) is 0 Å². The van der Waals surface area contributed by atoms with Crippen molar-refractivity contribution in [2.45, 2.75) is 37.5 Å². The Kier molecular flexibility index (Phi) is 6.52. The molecule has 0 spiro atoms. The van der Waals surface area contributed by atoms with Gasteiger partial charge in [-0.25, -0.2) is 13.6 Å². The smallest absolute Gasteiger partial charge is 0.314 e. The second-order valence-corrected chi connectivity index (χ2v) is 8.33. The average molecular weight is 402 g/mol. The molecule has 1 saturated heterocycles. The molecule has 6 heteroatoms. The van der Waals surface area contributed by atoms with Crippen LogP contribution >= 0.6 is 0 Å². The van der Waals surface area contributed by atoms with Crippen LogP contribution in [0.2, 0.25) is 0 Å². The van der Waals surface area contributed by atoms with Crippen molar-refractivity contribution in [3.63, 3.8) is 0 Å². The van der Waals surface area contributed by atoms with Crippen LogP contribution in [0, 0.1) is 11.6 Å². The fourth-order valence-corrected chi connectivity index (χ4v) is 3.76. The van der Waals surface area contributed by atoms with Crippen molar-refractivity contribution in [3.05, 3.63) is 71.3 Å². The Balaban J connectivity index is 1.61. The quantitative estimate of drug-likeness (QED) is 0.757. The third-order valence-electron chi connectivity index (χ3n) is 5.79. The summed E-state index contributed by atoms with van der Waals surface area (Å²) in [6.07, 6.45) is 1.44. The number of rotatable bonds is 6. The summed E-state index contributed by atoms with van der Waals surface area (Å²) in [5.41, 5.74) is 1.14. The molecule has 1 aliphatic rings. The summed E-state index contributed by atoms with van der Waals surface area (Å²) < 4.78 is 32.4. The molecule has 156 valence electrons. The normalized spacial score (nSPS) is 16.3. The van der Waals surface area contributed by atoms with Gasteiger partial charge in [-0.05, 0) is 48.2 Å². The number of ether oxygens (including phenoxy) is 1. The molecular formula is C23H28F2N2O2. The van der Waals surface area contributed by atoms with E-state index in [2.05, 4.69) is 10.6 Å². The zero-order chi connectivity index (χ0) is 20.9. The number of hydrogen-bond acceptors (Lipinski definition) is 2. The molecule has 0 radical (unpaired) electrons. The lowest BCUT2D eigenvalue weighted by Crippen LogP contribution is -2.49. The van der Waals surface area contributed by atoms with Gasteiger partial charge in [0.15, 0.2) is 0 Å². The van der Waals surface area contributed by atoms with Crippen LogP contribution in [0.5, 0.6) is 0 Å². The van der Waals surface area contributed by atoms with Crippen molar-refractivity contribution in [1.29, 1.82) is 0 Å². The minimum atomic E-state index is -0.343. The molecule has 2 amide bonds. The van der Waals surface area contributed by atoms with Crippen LogP contribution in [-0.2, 0) is 15.6 Å². The van der Waals surface area contributed by atoms with Gasteiger partial charge in [0, 0.05) is 37.1 Å². The highest BCUT2D eigenvalue weighted by molar-refractivity contribution is 5.74. The lowest BCUT2D eigenvalue weighted by atomic mass is 9.74. The molecule has 0 bridgehead atoms. The van der Waals surface area contributed by atoms with Crippen LogP contribution in [0.4, 0.5) is 13.6 Å². The third-order valence-corrected chi connectivity index (χ3v) is 5.79. The minimum Gasteiger partial charge on any atom is -0.381 e. The van der Waals surface area contributed by atoms with E-state index in [1.807, 2.05) is 19.9 Å². The van der Waals surface area contributed by atoms with E-state index in [9.17, 15) is 13.6 Å². The predicted octanol–water partition coefficient (Wildman–Crippen LogP) is 4.29. The number of urea groups is 1. The molecule has 2 aromatic rings. The molecule has 1 heterocycles. The Bertz CT molecular complexity index is 831. The number of carbonyl (C=O) groups excluding carboxylic acids is 1. The molecule has 29 heavy (non-hydrogen) atoms. The SMILES string of the molecule is CC(C)(CNC(=O)NCC1(c2cccc(F)c2)CCOCC1)c1ccc(F)cc1. The highest BCUT2D eigenvalue weighted by atomic mass is 19.1. The first kappa shape index (κ1) is 21.2. The maximum atomic E-state index is 13.8. The van der Waals surface area contributed by atoms with Crippen molar-refractivity contribution < 1.29 is 18.3 Å². The maximum absolute atomic E-state index is 13.8. The molecule has 3 rings (SSSR count). The number of carbonyl (C=O) groups is 1. The van der Waals surface area contributed by atoms with E-state index in [0.717, 1.165) is 24.0 Å². The van der Waals surface area contributed by atoms with Crippen molar-refractivity contribution in [2.75, 3.05) is 26.3 Å². The maximum Gasteiger partial charge on any atom is 0.314 e. The first-order valence-corrected chi connectivity index (χ1v) is 9.92. The van der Waals surface area contributed by atoms with Gasteiger partial charge < -0.3 is 15.4 Å². The summed E-state index contributed by atoms with van der Waals surface area (Å²) >= 11 is 0. The summed E-state index contributed by atoms with van der Waals surface area (Å²) in [6, 6.07) is 12.6. The second-order valence-electron chi connectivity index (χ2n) is 8.33. The van der Waals surface area contributed by atoms with E-state index >= 15 is 0 Å². The lowest BCUT2D eigenvalue weighted by molar-refractivity contribution is 0.0506. The van der Waals surface area contributed by atoms with Crippen molar-refractivity contribution in [2.24, 2.45) is 0 Å². The van der Waals surface area contributed by atoms with Gasteiger partial charge in [0.05, 0.1) is 0 Å². The Morgan fingerprint density at radius 3 is 2.38 bits per heavy atom. The van der Waals surface area contributed by atoms with Crippen LogP contribution in [0.15, 0.2) is 48.5 Å². The van der Waals surface area contributed by atoms with Crippen LogP contribution < -0.4 is 10.6 Å². The highest BCUT2D eigenvalue weighted by Crippen LogP contribution is 2.34. The van der Waals surface area contributed by atoms with E-state index < -0.39 is 0 Å². The Morgan fingerprint density at radius 2 is 1.72 bits per heavy atom. The van der Waals surface area contributed by atoms with Gasteiger partial charge >= 0.3 is 6.03 Å². The van der Waals surface area contributed by atoms with Crippen LogP contribution in [0.1, 0.15) is 37.8 Å². The minimum absolute atomic E-state index is 0.276. The lowest BCUT2D eigenvalue weighted by Gasteiger charge is -2.38. The third kappa shape index (κ3) is 5.32. The monoisotopic (exact) mass is 402 g/mol. The fourth-order valence-electron chi connectivity index (χ4n) is 3.76. The van der Waals surface area contributed by atoms with Crippen LogP contribution in [-0.4, -0.2) is 32.3 Å². The number of nitrogens with one attached hydrogen (secondary N) is 2. The number of benzene rings is 2. The van der Waals surface area contributed by atoms with E-state index in [0.29, 0.717) is 26.3 Å². The topological polar surface area (TPSA) is 50.4 Å². The van der Waals surface area contributed by atoms with Gasteiger partial charge in [-0.15, -0.1) is 0 Å². The summed E-state index contributed by atoms with van der Waals surface area (Å²) in [5, 5.41) is 5.86. The molecular weight excluding hydrogens is 374 g/mol. The Labute approximate surface area is 170 Å². The molecule has 0 aromatic heterocycles. The molecule has 0 atom stereocenters. The molecule has 2 N–H and O–H groups in total. The van der Waals surface area contributed by atoms with E-state index in [1.165, 1.54) is 18.2 Å². The summed E-state index contributed by atoms with van der Waals surface area (Å²) in [5.74, 6) is -0.562. The van der Waals surface area contributed by atoms with Crippen LogP contribution in [0.25, 0.3) is 0 Å². The summed E-state index contributed by atoms with van der Waals surface area (Å²) in [6.45, 7) is 5.96. The second kappa shape index (κ2) is 8.91. The summed E-state index contributed by atoms with van der Waals surface area (Å²) in [7, 11) is 0. The zero-order valence-corrected chi connectivity index (χ0v) is 16.9. The van der Waals surface area contributed by atoms with Gasteiger partial charge in [-0.1, -0.05) is 38.1 Å². The molecule has 0 unspecified atom stereocenters. The predicted molar refractivity (Wildman–Crippen MR) is 109 cm³/mol. The van der Waals surface area contributed by atoms with E-state index in [1.54, 1.807) is 24.3 Å². The standard InChI is InChI=1S/C23H28F2N2O2/c1-22(2,17-6-8-19(24)9-7-17)15-26-21(28)27-16-23(10-12-29-13-11-23)18-4-3-5-20(25)14-18/h3-9,14H,10-13,15-16H2,1-2H3,(H2,26,27,28). The molecule has 4 nitrogen and oxygen atoms in total. The first-order chi connectivity index (χ1) is 13.8. The number of hydrogen-bond donors (Lipinski definition) is 2. The van der Waals surface area contributed by atoms with Crippen molar-refractivity contribution in [3.8, 4) is 0 Å².